The number of rotatable bonds is 2. The van der Waals surface area contributed by atoms with E-state index in [9.17, 15) is 4.39 Å². The lowest BCUT2D eigenvalue weighted by Crippen LogP contribution is -1.99. The second kappa shape index (κ2) is 5.01. The Kier molecular flexibility index (Phi) is 3.17. The third-order valence-corrected chi connectivity index (χ3v) is 3.37. The summed E-state index contributed by atoms with van der Waals surface area (Å²) in [6.45, 7) is 1.95. The van der Waals surface area contributed by atoms with Gasteiger partial charge in [-0.25, -0.2) is 14.4 Å². The number of ether oxygens (including phenoxy) is 1. The molecule has 0 aliphatic rings. The normalized spacial score (nSPS) is 10.8. The van der Waals surface area contributed by atoms with Gasteiger partial charge in [-0.05, 0) is 36.8 Å². The van der Waals surface area contributed by atoms with E-state index in [-0.39, 0.29) is 5.75 Å². The average molecular weight is 283 g/mol. The van der Waals surface area contributed by atoms with Crippen LogP contribution in [0.25, 0.3) is 22.3 Å². The molecule has 0 saturated heterocycles. The zero-order valence-corrected chi connectivity index (χ0v) is 11.7. The minimum atomic E-state index is -0.456. The lowest BCUT2D eigenvalue weighted by Gasteiger charge is -2.08. The number of hydrogen-bond acceptors (Lipinski definition) is 4. The summed E-state index contributed by atoms with van der Waals surface area (Å²) < 4.78 is 18.7. The van der Waals surface area contributed by atoms with Crippen LogP contribution < -0.4 is 10.5 Å². The number of aryl methyl sites for hydroxylation is 1. The summed E-state index contributed by atoms with van der Waals surface area (Å²) in [6.07, 6.45) is 0. The van der Waals surface area contributed by atoms with Crippen LogP contribution >= 0.6 is 0 Å². The summed E-state index contributed by atoms with van der Waals surface area (Å²) in [7, 11) is 1.42. The number of benzene rings is 2. The van der Waals surface area contributed by atoms with Crippen molar-refractivity contribution in [3.63, 3.8) is 0 Å². The Morgan fingerprint density at radius 2 is 1.95 bits per heavy atom. The number of hydrogen-bond donors (Lipinski definition) is 1. The van der Waals surface area contributed by atoms with E-state index in [1.54, 1.807) is 12.1 Å². The van der Waals surface area contributed by atoms with E-state index >= 15 is 0 Å². The summed E-state index contributed by atoms with van der Waals surface area (Å²) in [5.41, 5.74) is 8.32. The van der Waals surface area contributed by atoms with Gasteiger partial charge in [-0.1, -0.05) is 12.1 Å². The number of nitrogen functional groups attached to an aromatic ring is 1. The van der Waals surface area contributed by atoms with Crippen molar-refractivity contribution in [2.75, 3.05) is 12.8 Å². The van der Waals surface area contributed by atoms with Crippen molar-refractivity contribution >= 4 is 16.7 Å². The van der Waals surface area contributed by atoms with Gasteiger partial charge < -0.3 is 10.5 Å². The highest BCUT2D eigenvalue weighted by Crippen LogP contribution is 2.27. The van der Waals surface area contributed by atoms with Crippen molar-refractivity contribution in [1.29, 1.82) is 0 Å². The summed E-state index contributed by atoms with van der Waals surface area (Å²) in [6, 6.07) is 10.3. The summed E-state index contributed by atoms with van der Waals surface area (Å²) >= 11 is 0. The fraction of sp³-hybridized carbons (Fsp3) is 0.125. The number of anilines is 1. The average Bonchev–Trinajstić information content (AvgIpc) is 2.48. The topological polar surface area (TPSA) is 61.0 Å². The Balaban J connectivity index is 2.21. The van der Waals surface area contributed by atoms with Crippen LogP contribution in [0.2, 0.25) is 0 Å². The molecule has 0 aliphatic heterocycles. The molecule has 0 atom stereocenters. The van der Waals surface area contributed by atoms with E-state index in [2.05, 4.69) is 9.97 Å². The van der Waals surface area contributed by atoms with Crippen LogP contribution in [-0.4, -0.2) is 17.1 Å². The number of fused-ring (bicyclic) bond motifs is 1. The first-order chi connectivity index (χ1) is 10.1. The van der Waals surface area contributed by atoms with Gasteiger partial charge in [0.05, 0.1) is 12.6 Å². The molecule has 5 heteroatoms. The maximum absolute atomic E-state index is 13.8. The van der Waals surface area contributed by atoms with Gasteiger partial charge in [0.1, 0.15) is 5.82 Å². The fourth-order valence-electron chi connectivity index (χ4n) is 2.25. The molecule has 3 rings (SSSR count). The molecule has 0 saturated carbocycles. The van der Waals surface area contributed by atoms with E-state index in [0.29, 0.717) is 17.2 Å². The van der Waals surface area contributed by atoms with Crippen LogP contribution in [0, 0.1) is 12.7 Å². The molecule has 106 valence electrons. The molecule has 4 nitrogen and oxygen atoms in total. The van der Waals surface area contributed by atoms with Crippen molar-refractivity contribution in [3.8, 4) is 17.1 Å². The highest BCUT2D eigenvalue weighted by molar-refractivity contribution is 5.91. The first-order valence-corrected chi connectivity index (χ1v) is 6.47. The van der Waals surface area contributed by atoms with Gasteiger partial charge in [-0.2, -0.15) is 0 Å². The molecule has 0 unspecified atom stereocenters. The number of nitrogens with zero attached hydrogens (tertiary/aromatic N) is 2. The monoisotopic (exact) mass is 283 g/mol. The predicted molar refractivity (Wildman–Crippen MR) is 80.6 cm³/mol. The molecular formula is C16H14FN3O. The molecule has 21 heavy (non-hydrogen) atoms. The number of halogens is 1. The predicted octanol–water partition coefficient (Wildman–Crippen LogP) is 3.34. The molecule has 3 aromatic rings. The van der Waals surface area contributed by atoms with E-state index in [4.69, 9.17) is 10.5 Å². The van der Waals surface area contributed by atoms with Gasteiger partial charge in [0.15, 0.2) is 17.4 Å². The van der Waals surface area contributed by atoms with Crippen molar-refractivity contribution in [2.45, 2.75) is 6.92 Å². The molecule has 0 amide bonds. The molecule has 0 spiro atoms. The zero-order valence-electron chi connectivity index (χ0n) is 11.7. The quantitative estimate of drug-likeness (QED) is 0.783. The Hall–Kier alpha value is -2.69. The Morgan fingerprint density at radius 1 is 1.14 bits per heavy atom. The van der Waals surface area contributed by atoms with Crippen LogP contribution in [0.3, 0.4) is 0 Å². The first-order valence-electron chi connectivity index (χ1n) is 6.47. The van der Waals surface area contributed by atoms with Gasteiger partial charge in [0.2, 0.25) is 0 Å². The van der Waals surface area contributed by atoms with E-state index in [1.165, 1.54) is 13.2 Å². The van der Waals surface area contributed by atoms with Crippen LogP contribution in [0.1, 0.15) is 5.56 Å². The Bertz CT molecular complexity index is 833. The molecule has 0 fully saturated rings. The fourth-order valence-corrected chi connectivity index (χ4v) is 2.25. The van der Waals surface area contributed by atoms with Gasteiger partial charge in [0.25, 0.3) is 0 Å². The zero-order chi connectivity index (χ0) is 15.0. The van der Waals surface area contributed by atoms with Crippen molar-refractivity contribution in [2.24, 2.45) is 0 Å². The van der Waals surface area contributed by atoms with Crippen LogP contribution in [-0.2, 0) is 0 Å². The van der Waals surface area contributed by atoms with E-state index in [1.807, 2.05) is 25.1 Å². The second-order valence-electron chi connectivity index (χ2n) is 4.75. The summed E-state index contributed by atoms with van der Waals surface area (Å²) in [5, 5.41) is 0.799. The number of nitrogens with two attached hydrogens (primary N) is 1. The molecule has 2 N–H and O–H groups in total. The first kappa shape index (κ1) is 13.3. The minimum Gasteiger partial charge on any atom is -0.494 e. The SMILES string of the molecule is COc1ccc(-c2nc(N)c3cccc(C)c3n2)cc1F. The van der Waals surface area contributed by atoms with E-state index < -0.39 is 5.82 Å². The van der Waals surface area contributed by atoms with Crippen LogP contribution in [0.4, 0.5) is 10.2 Å². The molecule has 0 radical (unpaired) electrons. The smallest absolute Gasteiger partial charge is 0.165 e. The third-order valence-electron chi connectivity index (χ3n) is 3.37. The van der Waals surface area contributed by atoms with Crippen molar-refractivity contribution in [1.82, 2.24) is 9.97 Å². The van der Waals surface area contributed by atoms with Gasteiger partial charge in [-0.15, -0.1) is 0 Å². The molecular weight excluding hydrogens is 269 g/mol. The van der Waals surface area contributed by atoms with Crippen LogP contribution in [0.15, 0.2) is 36.4 Å². The Labute approximate surface area is 121 Å². The maximum Gasteiger partial charge on any atom is 0.165 e. The van der Waals surface area contributed by atoms with Gasteiger partial charge >= 0.3 is 0 Å². The van der Waals surface area contributed by atoms with Crippen molar-refractivity contribution in [3.05, 3.63) is 47.8 Å². The molecule has 0 bridgehead atoms. The molecule has 1 aromatic heterocycles. The number of methoxy groups -OCH3 is 1. The summed E-state index contributed by atoms with van der Waals surface area (Å²) in [5.74, 6) is 0.511. The minimum absolute atomic E-state index is 0.184. The van der Waals surface area contributed by atoms with Gasteiger partial charge in [0, 0.05) is 10.9 Å². The van der Waals surface area contributed by atoms with Crippen molar-refractivity contribution < 1.29 is 9.13 Å². The lowest BCUT2D eigenvalue weighted by molar-refractivity contribution is 0.386. The highest BCUT2D eigenvalue weighted by Gasteiger charge is 2.11. The van der Waals surface area contributed by atoms with E-state index in [0.717, 1.165) is 16.5 Å². The van der Waals surface area contributed by atoms with Gasteiger partial charge in [-0.3, -0.25) is 0 Å². The second-order valence-corrected chi connectivity index (χ2v) is 4.75. The Morgan fingerprint density at radius 3 is 2.67 bits per heavy atom. The molecule has 2 aromatic carbocycles. The van der Waals surface area contributed by atoms with Crippen LogP contribution in [0.5, 0.6) is 5.75 Å². The maximum atomic E-state index is 13.8. The number of aromatic nitrogens is 2. The lowest BCUT2D eigenvalue weighted by atomic mass is 10.1. The number of para-hydroxylation sites is 1. The highest BCUT2D eigenvalue weighted by atomic mass is 19.1. The summed E-state index contributed by atoms with van der Waals surface area (Å²) in [4.78, 5) is 8.77. The molecule has 0 aliphatic carbocycles. The standard InChI is InChI=1S/C16H14FN3O/c1-9-4-3-5-11-14(9)19-16(20-15(11)18)10-6-7-13(21-2)12(17)8-10/h3-8H,1-2H3,(H2,18,19,20). The third kappa shape index (κ3) is 2.27. The molecule has 1 heterocycles. The largest absolute Gasteiger partial charge is 0.494 e.